The van der Waals surface area contributed by atoms with Gasteiger partial charge in [-0.1, -0.05) is 6.92 Å². The summed E-state index contributed by atoms with van der Waals surface area (Å²) < 4.78 is 5.47. The van der Waals surface area contributed by atoms with Gasteiger partial charge in [-0.15, -0.1) is 0 Å². The maximum atomic E-state index is 5.47. The van der Waals surface area contributed by atoms with Crippen LogP contribution in [0.5, 0.6) is 0 Å². The summed E-state index contributed by atoms with van der Waals surface area (Å²) in [7, 11) is 1.82. The van der Waals surface area contributed by atoms with E-state index in [-0.39, 0.29) is 5.60 Å². The van der Waals surface area contributed by atoms with Crippen LogP contribution in [-0.2, 0) is 4.74 Å². The van der Waals surface area contributed by atoms with E-state index in [9.17, 15) is 0 Å². The number of piperidine rings is 1. The Labute approximate surface area is 86.8 Å². The lowest BCUT2D eigenvalue weighted by Gasteiger charge is -2.53. The molecule has 82 valence electrons. The maximum Gasteiger partial charge on any atom is 0.0903 e. The lowest BCUT2D eigenvalue weighted by atomic mass is 9.86. The van der Waals surface area contributed by atoms with E-state index in [1.165, 1.54) is 19.5 Å². The number of methoxy groups -OCH3 is 1. The van der Waals surface area contributed by atoms with Crippen molar-refractivity contribution in [3.8, 4) is 0 Å². The molecule has 0 saturated carbocycles. The second-order valence-electron chi connectivity index (χ2n) is 5.10. The van der Waals surface area contributed by atoms with E-state index >= 15 is 0 Å². The third-order valence-electron chi connectivity index (χ3n) is 3.78. The van der Waals surface area contributed by atoms with Crippen LogP contribution in [0.3, 0.4) is 0 Å². The third-order valence-corrected chi connectivity index (χ3v) is 3.78. The molecule has 3 nitrogen and oxygen atoms in total. The smallest absolute Gasteiger partial charge is 0.0903 e. The Bertz CT molecular complexity index is 201. The number of hydrogen-bond acceptors (Lipinski definition) is 3. The summed E-state index contributed by atoms with van der Waals surface area (Å²) in [5.74, 6) is 0.783. The first kappa shape index (κ1) is 10.4. The maximum absolute atomic E-state index is 5.47. The van der Waals surface area contributed by atoms with Gasteiger partial charge in [0.2, 0.25) is 0 Å². The van der Waals surface area contributed by atoms with Crippen LogP contribution in [0.1, 0.15) is 20.3 Å². The highest BCUT2D eigenvalue weighted by atomic mass is 16.5. The summed E-state index contributed by atoms with van der Waals surface area (Å²) in [5, 5.41) is 3.44. The molecule has 0 aromatic carbocycles. The van der Waals surface area contributed by atoms with Gasteiger partial charge in [-0.25, -0.2) is 0 Å². The number of rotatable bonds is 2. The Morgan fingerprint density at radius 1 is 1.43 bits per heavy atom. The molecule has 2 unspecified atom stereocenters. The van der Waals surface area contributed by atoms with Gasteiger partial charge in [-0.2, -0.15) is 0 Å². The van der Waals surface area contributed by atoms with Gasteiger partial charge in [0.15, 0.2) is 0 Å². The Hall–Kier alpha value is -0.120. The van der Waals surface area contributed by atoms with Crippen molar-refractivity contribution in [3.63, 3.8) is 0 Å². The average molecular weight is 198 g/mol. The van der Waals surface area contributed by atoms with Gasteiger partial charge in [0.25, 0.3) is 0 Å². The van der Waals surface area contributed by atoms with Crippen molar-refractivity contribution in [2.45, 2.75) is 31.9 Å². The van der Waals surface area contributed by atoms with Crippen molar-refractivity contribution >= 4 is 0 Å². The summed E-state index contributed by atoms with van der Waals surface area (Å²) >= 11 is 0. The molecule has 0 aliphatic carbocycles. The van der Waals surface area contributed by atoms with Crippen molar-refractivity contribution in [3.05, 3.63) is 0 Å². The monoisotopic (exact) mass is 198 g/mol. The zero-order valence-corrected chi connectivity index (χ0v) is 9.55. The van der Waals surface area contributed by atoms with Crippen molar-refractivity contribution in [1.29, 1.82) is 0 Å². The molecule has 1 N–H and O–H groups in total. The molecule has 0 radical (unpaired) electrons. The van der Waals surface area contributed by atoms with Crippen LogP contribution < -0.4 is 5.32 Å². The van der Waals surface area contributed by atoms with E-state index < -0.39 is 0 Å². The molecule has 14 heavy (non-hydrogen) atoms. The average Bonchev–Trinajstić information content (AvgIpc) is 2.14. The van der Waals surface area contributed by atoms with Gasteiger partial charge < -0.3 is 10.1 Å². The predicted octanol–water partition coefficient (Wildman–Crippen LogP) is 0.705. The van der Waals surface area contributed by atoms with Crippen LogP contribution in [0.4, 0.5) is 0 Å². The highest BCUT2D eigenvalue weighted by Crippen LogP contribution is 2.30. The first-order valence-corrected chi connectivity index (χ1v) is 5.64. The molecule has 0 bridgehead atoms. The van der Waals surface area contributed by atoms with Crippen molar-refractivity contribution < 1.29 is 4.74 Å². The second-order valence-corrected chi connectivity index (χ2v) is 5.10. The number of ether oxygens (including phenoxy) is 1. The molecule has 0 spiro atoms. The summed E-state index contributed by atoms with van der Waals surface area (Å²) in [6, 6.07) is 0.777. The lowest BCUT2D eigenvalue weighted by molar-refractivity contribution is -0.135. The van der Waals surface area contributed by atoms with Crippen molar-refractivity contribution in [2.75, 3.05) is 33.3 Å². The molecular weight excluding hydrogens is 176 g/mol. The molecule has 3 heteroatoms. The molecule has 2 aliphatic heterocycles. The van der Waals surface area contributed by atoms with E-state index in [1.54, 1.807) is 0 Å². The Morgan fingerprint density at radius 3 is 2.71 bits per heavy atom. The van der Waals surface area contributed by atoms with Crippen LogP contribution in [0.2, 0.25) is 0 Å². The van der Waals surface area contributed by atoms with Crippen molar-refractivity contribution in [2.24, 2.45) is 5.92 Å². The van der Waals surface area contributed by atoms with Crippen LogP contribution in [0, 0.1) is 5.92 Å². The molecule has 2 atom stereocenters. The number of likely N-dealkylation sites (tertiary alicyclic amines) is 1. The lowest BCUT2D eigenvalue weighted by Crippen LogP contribution is -2.66. The zero-order valence-electron chi connectivity index (χ0n) is 9.55. The molecule has 2 aliphatic rings. The van der Waals surface area contributed by atoms with Crippen LogP contribution >= 0.6 is 0 Å². The van der Waals surface area contributed by atoms with E-state index in [4.69, 9.17) is 4.74 Å². The predicted molar refractivity (Wildman–Crippen MR) is 57.4 cm³/mol. The largest absolute Gasteiger partial charge is 0.376 e. The minimum Gasteiger partial charge on any atom is -0.376 e. The van der Waals surface area contributed by atoms with Gasteiger partial charge >= 0.3 is 0 Å². The molecule has 2 rings (SSSR count). The highest BCUT2D eigenvalue weighted by Gasteiger charge is 2.43. The fraction of sp³-hybridized carbons (Fsp3) is 1.00. The summed E-state index contributed by atoms with van der Waals surface area (Å²) in [6.45, 7) is 9.12. The second kappa shape index (κ2) is 3.80. The first-order chi connectivity index (χ1) is 6.64. The molecule has 2 fully saturated rings. The van der Waals surface area contributed by atoms with E-state index in [2.05, 4.69) is 24.1 Å². The SMILES string of the molecule is COC1(C)CN(C2CCNCC2C)C1. The topological polar surface area (TPSA) is 24.5 Å². The highest BCUT2D eigenvalue weighted by molar-refractivity contribution is 4.98. The summed E-state index contributed by atoms with van der Waals surface area (Å²) in [4.78, 5) is 2.58. The molecule has 2 saturated heterocycles. The molecular formula is C11H22N2O. The quantitative estimate of drug-likeness (QED) is 0.707. The van der Waals surface area contributed by atoms with Gasteiger partial charge in [0, 0.05) is 26.2 Å². The third kappa shape index (κ3) is 1.81. The molecule has 2 heterocycles. The van der Waals surface area contributed by atoms with Crippen molar-refractivity contribution in [1.82, 2.24) is 10.2 Å². The van der Waals surface area contributed by atoms with Gasteiger partial charge in [-0.3, -0.25) is 4.90 Å². The van der Waals surface area contributed by atoms with Crippen LogP contribution in [0.15, 0.2) is 0 Å². The normalized spacial score (nSPS) is 37.9. The Balaban J connectivity index is 1.86. The molecule has 0 aromatic heterocycles. The first-order valence-electron chi connectivity index (χ1n) is 5.64. The minimum absolute atomic E-state index is 0.130. The van der Waals surface area contributed by atoms with E-state index in [0.29, 0.717) is 0 Å². The van der Waals surface area contributed by atoms with Gasteiger partial charge in [-0.05, 0) is 32.4 Å². The fourth-order valence-electron chi connectivity index (χ4n) is 2.72. The zero-order chi connectivity index (χ0) is 10.2. The number of nitrogens with zero attached hydrogens (tertiary/aromatic N) is 1. The minimum atomic E-state index is 0.130. The van der Waals surface area contributed by atoms with Crippen LogP contribution in [-0.4, -0.2) is 49.8 Å². The Kier molecular flexibility index (Phi) is 2.82. The van der Waals surface area contributed by atoms with Gasteiger partial charge in [0.05, 0.1) is 5.60 Å². The summed E-state index contributed by atoms with van der Waals surface area (Å²) in [5.41, 5.74) is 0.130. The number of hydrogen-bond donors (Lipinski definition) is 1. The fourth-order valence-corrected chi connectivity index (χ4v) is 2.72. The standard InChI is InChI=1S/C11H22N2O/c1-9-6-12-5-4-10(9)13-7-11(2,8-13)14-3/h9-10,12H,4-8H2,1-3H3. The van der Waals surface area contributed by atoms with E-state index in [1.807, 2.05) is 7.11 Å². The molecule has 0 aromatic rings. The molecule has 0 amide bonds. The van der Waals surface area contributed by atoms with Gasteiger partial charge in [0.1, 0.15) is 0 Å². The van der Waals surface area contributed by atoms with E-state index in [0.717, 1.165) is 25.0 Å². The Morgan fingerprint density at radius 2 is 2.14 bits per heavy atom. The van der Waals surface area contributed by atoms with Crippen LogP contribution in [0.25, 0.3) is 0 Å². The number of nitrogens with one attached hydrogen (secondary N) is 1. The summed E-state index contributed by atoms with van der Waals surface area (Å²) in [6.07, 6.45) is 1.29.